The third kappa shape index (κ3) is 8.07. The van der Waals surface area contributed by atoms with Crippen LogP contribution in [0.25, 0.3) is 0 Å². The fourth-order valence-electron chi connectivity index (χ4n) is 1.54. The van der Waals surface area contributed by atoms with Gasteiger partial charge < -0.3 is 15.8 Å². The van der Waals surface area contributed by atoms with Gasteiger partial charge in [-0.2, -0.15) is 0 Å². The molecule has 7 heteroatoms. The number of carbonyl (C=O) groups is 1. The molecule has 0 aliphatic heterocycles. The van der Waals surface area contributed by atoms with Crippen LogP contribution in [0.3, 0.4) is 0 Å². The number of thioether (sulfide) groups is 1. The van der Waals surface area contributed by atoms with E-state index in [1.165, 1.54) is 7.11 Å². The van der Waals surface area contributed by atoms with Gasteiger partial charge in [0.1, 0.15) is 6.04 Å². The number of nitrogens with one attached hydrogen (secondary N) is 1. The van der Waals surface area contributed by atoms with E-state index in [0.717, 1.165) is 9.37 Å². The Kier molecular flexibility index (Phi) is 9.56. The molecule has 1 amide bonds. The van der Waals surface area contributed by atoms with E-state index in [0.29, 0.717) is 6.54 Å². The quantitative estimate of drug-likeness (QED) is 0.694. The van der Waals surface area contributed by atoms with Crippen molar-refractivity contribution in [3.63, 3.8) is 0 Å². The Balaban J connectivity index is 0.00000400. The first-order chi connectivity index (χ1) is 9.34. The Morgan fingerprint density at radius 3 is 2.52 bits per heavy atom. The Labute approximate surface area is 145 Å². The molecule has 0 bridgehead atoms. The lowest BCUT2D eigenvalue weighted by molar-refractivity contribution is -0.123. The van der Waals surface area contributed by atoms with Gasteiger partial charge in [0.2, 0.25) is 5.91 Å². The van der Waals surface area contributed by atoms with E-state index in [-0.39, 0.29) is 29.7 Å². The van der Waals surface area contributed by atoms with Crippen molar-refractivity contribution >= 4 is 46.0 Å². The van der Waals surface area contributed by atoms with E-state index in [4.69, 9.17) is 10.5 Å². The van der Waals surface area contributed by atoms with Crippen LogP contribution in [0.1, 0.15) is 13.8 Å². The smallest absolute Gasteiger partial charge is 0.239 e. The van der Waals surface area contributed by atoms with E-state index in [1.54, 1.807) is 11.8 Å². The number of benzene rings is 1. The van der Waals surface area contributed by atoms with Gasteiger partial charge in [-0.15, -0.1) is 24.2 Å². The zero-order valence-corrected chi connectivity index (χ0v) is 15.6. The number of halogens is 2. The van der Waals surface area contributed by atoms with Crippen LogP contribution < -0.4 is 11.1 Å². The number of rotatable bonds is 7. The Bertz CT molecular complexity index is 443. The molecule has 0 aliphatic rings. The molecule has 0 fully saturated rings. The fraction of sp³-hybridized carbons (Fsp3) is 0.500. The third-order valence-corrected chi connectivity index (χ3v) is 4.31. The topological polar surface area (TPSA) is 64.3 Å². The fourth-order valence-corrected chi connectivity index (χ4v) is 2.86. The zero-order chi connectivity index (χ0) is 15.2. The number of ether oxygens (including phenoxy) is 1. The lowest BCUT2D eigenvalue weighted by atomic mass is 10.2. The van der Waals surface area contributed by atoms with E-state index in [9.17, 15) is 4.79 Å². The minimum Gasteiger partial charge on any atom is -0.383 e. The normalized spacial score (nSPS) is 12.4. The number of nitrogens with two attached hydrogens (primary N) is 1. The largest absolute Gasteiger partial charge is 0.383 e. The molecule has 0 saturated carbocycles. The van der Waals surface area contributed by atoms with Crippen LogP contribution in [-0.2, 0) is 9.53 Å². The average molecular weight is 398 g/mol. The van der Waals surface area contributed by atoms with Crippen LogP contribution in [0.15, 0.2) is 33.6 Å². The van der Waals surface area contributed by atoms with Crippen LogP contribution in [-0.4, -0.2) is 37.0 Å². The molecule has 0 aliphatic carbocycles. The Morgan fingerprint density at radius 2 is 2.00 bits per heavy atom. The van der Waals surface area contributed by atoms with Gasteiger partial charge in [-0.3, -0.25) is 4.79 Å². The molecule has 21 heavy (non-hydrogen) atoms. The highest BCUT2D eigenvalue weighted by atomic mass is 79.9. The van der Waals surface area contributed by atoms with Crippen LogP contribution >= 0.6 is 40.1 Å². The van der Waals surface area contributed by atoms with Gasteiger partial charge in [0.15, 0.2) is 0 Å². The highest BCUT2D eigenvalue weighted by molar-refractivity contribution is 9.10. The molecular formula is C14H22BrClN2O2S. The summed E-state index contributed by atoms with van der Waals surface area (Å²) in [6, 6.07) is 7.49. The summed E-state index contributed by atoms with van der Waals surface area (Å²) in [6.45, 7) is 4.94. The SMILES string of the molecule is COCC(N)C(=O)NCC(C)(C)Sc1ccc(Br)cc1.Cl. The van der Waals surface area contributed by atoms with Crippen molar-refractivity contribution in [3.05, 3.63) is 28.7 Å². The summed E-state index contributed by atoms with van der Waals surface area (Å²) in [7, 11) is 1.53. The van der Waals surface area contributed by atoms with Crippen molar-refractivity contribution in [2.24, 2.45) is 5.73 Å². The highest BCUT2D eigenvalue weighted by Gasteiger charge is 2.22. The summed E-state index contributed by atoms with van der Waals surface area (Å²) in [5, 5.41) is 2.87. The van der Waals surface area contributed by atoms with Gasteiger partial charge >= 0.3 is 0 Å². The highest BCUT2D eigenvalue weighted by Crippen LogP contribution is 2.32. The maximum atomic E-state index is 11.7. The monoisotopic (exact) mass is 396 g/mol. The number of amides is 1. The molecule has 3 N–H and O–H groups in total. The molecule has 1 unspecified atom stereocenters. The van der Waals surface area contributed by atoms with E-state index in [1.807, 2.05) is 12.1 Å². The number of hydrogen-bond donors (Lipinski definition) is 2. The second-order valence-electron chi connectivity index (χ2n) is 5.10. The summed E-state index contributed by atoms with van der Waals surface area (Å²) in [5.74, 6) is -0.184. The standard InChI is InChI=1S/C14H21BrN2O2S.ClH/c1-14(2,9-17-13(18)12(16)8-19-3)20-11-6-4-10(15)5-7-11;/h4-7,12H,8-9,16H2,1-3H3,(H,17,18);1H. The van der Waals surface area contributed by atoms with E-state index < -0.39 is 6.04 Å². The first-order valence-electron chi connectivity index (χ1n) is 6.31. The van der Waals surface area contributed by atoms with Gasteiger partial charge in [-0.25, -0.2) is 0 Å². The molecule has 1 aromatic carbocycles. The van der Waals surface area contributed by atoms with Crippen molar-refractivity contribution in [2.45, 2.75) is 29.5 Å². The van der Waals surface area contributed by atoms with Crippen molar-refractivity contribution < 1.29 is 9.53 Å². The van der Waals surface area contributed by atoms with Crippen molar-refractivity contribution in [1.29, 1.82) is 0 Å². The lowest BCUT2D eigenvalue weighted by Gasteiger charge is -2.25. The summed E-state index contributed by atoms with van der Waals surface area (Å²) in [5.41, 5.74) is 5.68. The molecular weight excluding hydrogens is 376 g/mol. The number of carbonyl (C=O) groups excluding carboxylic acids is 1. The molecule has 0 spiro atoms. The summed E-state index contributed by atoms with van der Waals surface area (Å²) < 4.78 is 5.81. The van der Waals surface area contributed by atoms with Gasteiger partial charge in [-0.1, -0.05) is 15.9 Å². The van der Waals surface area contributed by atoms with Gasteiger partial charge in [0.05, 0.1) is 6.61 Å². The molecule has 1 aromatic rings. The minimum atomic E-state index is -0.617. The van der Waals surface area contributed by atoms with Gasteiger partial charge in [-0.05, 0) is 38.1 Å². The molecule has 4 nitrogen and oxygen atoms in total. The second-order valence-corrected chi connectivity index (χ2v) is 7.79. The van der Waals surface area contributed by atoms with Gasteiger partial charge in [0.25, 0.3) is 0 Å². The predicted octanol–water partition coefficient (Wildman–Crippen LogP) is 2.83. The molecule has 0 heterocycles. The molecule has 1 atom stereocenters. The summed E-state index contributed by atoms with van der Waals surface area (Å²) >= 11 is 5.13. The summed E-state index contributed by atoms with van der Waals surface area (Å²) in [4.78, 5) is 12.9. The molecule has 0 aromatic heterocycles. The zero-order valence-electron chi connectivity index (χ0n) is 12.4. The van der Waals surface area contributed by atoms with E-state index in [2.05, 4.69) is 47.2 Å². The lowest BCUT2D eigenvalue weighted by Crippen LogP contribution is -2.47. The maximum absolute atomic E-state index is 11.7. The van der Waals surface area contributed by atoms with Crippen LogP contribution in [0.2, 0.25) is 0 Å². The Morgan fingerprint density at radius 1 is 1.43 bits per heavy atom. The first kappa shape index (κ1) is 20.7. The molecule has 0 radical (unpaired) electrons. The second kappa shape index (κ2) is 9.69. The molecule has 0 saturated heterocycles. The van der Waals surface area contributed by atoms with Crippen LogP contribution in [0.4, 0.5) is 0 Å². The average Bonchev–Trinajstić information content (AvgIpc) is 2.39. The Hall–Kier alpha value is -0.270. The molecule has 120 valence electrons. The van der Waals surface area contributed by atoms with Crippen molar-refractivity contribution in [2.75, 3.05) is 20.3 Å². The van der Waals surface area contributed by atoms with Crippen molar-refractivity contribution in [3.8, 4) is 0 Å². The summed E-state index contributed by atoms with van der Waals surface area (Å²) in [6.07, 6.45) is 0. The van der Waals surface area contributed by atoms with Gasteiger partial charge in [0, 0.05) is 27.8 Å². The number of hydrogen-bond acceptors (Lipinski definition) is 4. The van der Waals surface area contributed by atoms with Crippen molar-refractivity contribution in [1.82, 2.24) is 5.32 Å². The number of methoxy groups -OCH3 is 1. The maximum Gasteiger partial charge on any atom is 0.239 e. The van der Waals surface area contributed by atoms with E-state index >= 15 is 0 Å². The molecule has 1 rings (SSSR count). The van der Waals surface area contributed by atoms with Crippen LogP contribution in [0, 0.1) is 0 Å². The third-order valence-electron chi connectivity index (χ3n) is 2.58. The van der Waals surface area contributed by atoms with Crippen LogP contribution in [0.5, 0.6) is 0 Å². The predicted molar refractivity (Wildman–Crippen MR) is 94.2 cm³/mol. The minimum absolute atomic E-state index is 0. The first-order valence-corrected chi connectivity index (χ1v) is 7.92.